The number of piperidine rings is 1. The number of likely N-dealkylation sites (tertiary alicyclic amines) is 2. The van der Waals surface area contributed by atoms with Gasteiger partial charge in [-0.2, -0.15) is 0 Å². The number of hydrogen-bond donors (Lipinski definition) is 1. The highest BCUT2D eigenvalue weighted by Gasteiger charge is 2.23. The average Bonchev–Trinajstić information content (AvgIpc) is 3.31. The summed E-state index contributed by atoms with van der Waals surface area (Å²) >= 11 is 0. The van der Waals surface area contributed by atoms with Gasteiger partial charge in [0.25, 0.3) is 5.91 Å². The van der Waals surface area contributed by atoms with Gasteiger partial charge in [0, 0.05) is 43.1 Å². The molecular formula is C21H29N3O2. The Morgan fingerprint density at radius 3 is 2.54 bits per heavy atom. The fourth-order valence-corrected chi connectivity index (χ4v) is 4.09. The monoisotopic (exact) mass is 355 g/mol. The van der Waals surface area contributed by atoms with Gasteiger partial charge < -0.3 is 19.5 Å². The van der Waals surface area contributed by atoms with Crippen LogP contribution in [0.3, 0.4) is 0 Å². The van der Waals surface area contributed by atoms with Crippen LogP contribution in [0.1, 0.15) is 50.0 Å². The Kier molecular flexibility index (Phi) is 4.90. The molecule has 2 aromatic rings. The lowest BCUT2D eigenvalue weighted by Gasteiger charge is -2.34. The van der Waals surface area contributed by atoms with Crippen molar-refractivity contribution < 1.29 is 9.53 Å². The summed E-state index contributed by atoms with van der Waals surface area (Å²) in [6.45, 7) is 8.45. The normalized spacial score (nSPS) is 19.6. The maximum atomic E-state index is 12.6. The van der Waals surface area contributed by atoms with Crippen LogP contribution in [0.2, 0.25) is 0 Å². The predicted octanol–water partition coefficient (Wildman–Crippen LogP) is 3.66. The highest BCUT2D eigenvalue weighted by molar-refractivity contribution is 5.98. The third kappa shape index (κ3) is 3.58. The quantitative estimate of drug-likeness (QED) is 0.911. The number of aromatic amines is 1. The minimum atomic E-state index is 0.113. The number of ether oxygens (including phenoxy) is 1. The zero-order valence-corrected chi connectivity index (χ0v) is 15.8. The van der Waals surface area contributed by atoms with Crippen molar-refractivity contribution in [2.75, 3.05) is 26.2 Å². The zero-order valence-electron chi connectivity index (χ0n) is 15.8. The van der Waals surface area contributed by atoms with Crippen molar-refractivity contribution in [1.29, 1.82) is 0 Å². The molecule has 0 spiro atoms. The van der Waals surface area contributed by atoms with Crippen LogP contribution in [0.5, 0.6) is 5.75 Å². The molecule has 1 aromatic carbocycles. The lowest BCUT2D eigenvalue weighted by atomic mass is 10.1. The summed E-state index contributed by atoms with van der Waals surface area (Å²) in [6, 6.07) is 8.66. The fourth-order valence-electron chi connectivity index (χ4n) is 4.09. The number of aromatic nitrogens is 1. The summed E-state index contributed by atoms with van der Waals surface area (Å²) in [5, 5.41) is 1.05. The van der Waals surface area contributed by atoms with Crippen LogP contribution in [0.25, 0.3) is 10.9 Å². The molecule has 3 heterocycles. The summed E-state index contributed by atoms with van der Waals surface area (Å²) in [4.78, 5) is 20.3. The molecule has 140 valence electrons. The van der Waals surface area contributed by atoms with E-state index in [-0.39, 0.29) is 12.0 Å². The minimum Gasteiger partial charge on any atom is -0.490 e. The van der Waals surface area contributed by atoms with Gasteiger partial charge in [-0.15, -0.1) is 0 Å². The van der Waals surface area contributed by atoms with Gasteiger partial charge in [-0.1, -0.05) is 0 Å². The minimum absolute atomic E-state index is 0.113. The van der Waals surface area contributed by atoms with E-state index >= 15 is 0 Å². The number of carbonyl (C=O) groups excluding carboxylic acids is 1. The van der Waals surface area contributed by atoms with Crippen molar-refractivity contribution in [3.05, 3.63) is 30.0 Å². The first-order valence-electron chi connectivity index (χ1n) is 9.93. The maximum Gasteiger partial charge on any atom is 0.270 e. The summed E-state index contributed by atoms with van der Waals surface area (Å²) in [6.07, 6.45) is 4.65. The van der Waals surface area contributed by atoms with Gasteiger partial charge in [-0.05, 0) is 63.8 Å². The number of rotatable bonds is 4. The molecule has 0 atom stereocenters. The van der Waals surface area contributed by atoms with Crippen LogP contribution in [-0.2, 0) is 0 Å². The first-order chi connectivity index (χ1) is 12.6. The SMILES string of the molecule is CC(C)N1CCC(Oc2ccc3[nH]c(C(=O)N4CCCC4)cc3c2)CC1. The van der Waals surface area contributed by atoms with Crippen LogP contribution in [0, 0.1) is 0 Å². The second kappa shape index (κ2) is 7.31. The van der Waals surface area contributed by atoms with E-state index in [1.54, 1.807) is 0 Å². The second-order valence-corrected chi connectivity index (χ2v) is 7.88. The molecule has 2 aliphatic rings. The van der Waals surface area contributed by atoms with Crippen molar-refractivity contribution in [2.45, 2.75) is 51.7 Å². The van der Waals surface area contributed by atoms with Gasteiger partial charge in [0.2, 0.25) is 0 Å². The van der Waals surface area contributed by atoms with Crippen LogP contribution >= 0.6 is 0 Å². The van der Waals surface area contributed by atoms with E-state index in [9.17, 15) is 4.79 Å². The Labute approximate surface area is 155 Å². The van der Waals surface area contributed by atoms with Gasteiger partial charge in [-0.25, -0.2) is 0 Å². The largest absolute Gasteiger partial charge is 0.490 e. The van der Waals surface area contributed by atoms with Gasteiger partial charge in [0.1, 0.15) is 17.5 Å². The third-order valence-electron chi connectivity index (χ3n) is 5.73. The highest BCUT2D eigenvalue weighted by Crippen LogP contribution is 2.26. The number of fused-ring (bicyclic) bond motifs is 1. The molecular weight excluding hydrogens is 326 g/mol. The standard InChI is InChI=1S/C21H29N3O2/c1-15(2)23-11-7-17(8-12-23)26-18-5-6-19-16(13-18)14-20(22-19)21(25)24-9-3-4-10-24/h5-6,13-15,17,22H,3-4,7-12H2,1-2H3. The Morgan fingerprint density at radius 2 is 1.85 bits per heavy atom. The summed E-state index contributed by atoms with van der Waals surface area (Å²) in [7, 11) is 0. The Balaban J connectivity index is 1.43. The third-order valence-corrected chi connectivity index (χ3v) is 5.73. The molecule has 0 radical (unpaired) electrons. The van der Waals surface area contributed by atoms with Crippen LogP contribution in [-0.4, -0.2) is 59.0 Å². The van der Waals surface area contributed by atoms with Crippen molar-refractivity contribution in [2.24, 2.45) is 0 Å². The summed E-state index contributed by atoms with van der Waals surface area (Å²) < 4.78 is 6.23. The topological polar surface area (TPSA) is 48.6 Å². The smallest absolute Gasteiger partial charge is 0.270 e. The van der Waals surface area contributed by atoms with E-state index in [1.165, 1.54) is 0 Å². The van der Waals surface area contributed by atoms with E-state index in [4.69, 9.17) is 4.74 Å². The van der Waals surface area contributed by atoms with Gasteiger partial charge in [0.15, 0.2) is 0 Å². The number of H-pyrrole nitrogens is 1. The lowest BCUT2D eigenvalue weighted by Crippen LogP contribution is -2.41. The molecule has 0 aliphatic carbocycles. The number of amides is 1. The number of hydrogen-bond acceptors (Lipinski definition) is 3. The van der Waals surface area contributed by atoms with Crippen LogP contribution in [0.4, 0.5) is 0 Å². The molecule has 0 bridgehead atoms. The first kappa shape index (κ1) is 17.4. The molecule has 1 amide bonds. The van der Waals surface area contributed by atoms with E-state index < -0.39 is 0 Å². The van der Waals surface area contributed by atoms with Gasteiger partial charge in [0.05, 0.1) is 0 Å². The number of benzene rings is 1. The zero-order chi connectivity index (χ0) is 18.1. The molecule has 0 saturated carbocycles. The van der Waals surface area contributed by atoms with E-state index in [0.717, 1.165) is 68.5 Å². The Bertz CT molecular complexity index is 769. The van der Waals surface area contributed by atoms with E-state index in [2.05, 4.69) is 29.8 Å². The average molecular weight is 355 g/mol. The van der Waals surface area contributed by atoms with Crippen LogP contribution in [0.15, 0.2) is 24.3 Å². The van der Waals surface area contributed by atoms with E-state index in [1.807, 2.05) is 23.1 Å². The Hall–Kier alpha value is -2.01. The molecule has 26 heavy (non-hydrogen) atoms. The number of carbonyl (C=O) groups is 1. The molecule has 5 nitrogen and oxygen atoms in total. The fraction of sp³-hybridized carbons (Fsp3) is 0.571. The molecule has 4 rings (SSSR count). The van der Waals surface area contributed by atoms with Crippen molar-refractivity contribution >= 4 is 16.8 Å². The second-order valence-electron chi connectivity index (χ2n) is 7.88. The predicted molar refractivity (Wildman–Crippen MR) is 104 cm³/mol. The van der Waals surface area contributed by atoms with Crippen molar-refractivity contribution in [3.8, 4) is 5.75 Å². The molecule has 2 saturated heterocycles. The van der Waals surface area contributed by atoms with Crippen LogP contribution < -0.4 is 4.74 Å². The Morgan fingerprint density at radius 1 is 1.12 bits per heavy atom. The van der Waals surface area contributed by atoms with E-state index in [0.29, 0.717) is 11.7 Å². The summed E-state index contributed by atoms with van der Waals surface area (Å²) in [5.41, 5.74) is 1.68. The molecule has 2 aliphatic heterocycles. The molecule has 1 aromatic heterocycles. The first-order valence-corrected chi connectivity index (χ1v) is 9.93. The van der Waals surface area contributed by atoms with Gasteiger partial charge in [-0.3, -0.25) is 4.79 Å². The molecule has 1 N–H and O–H groups in total. The molecule has 2 fully saturated rings. The van der Waals surface area contributed by atoms with Gasteiger partial charge >= 0.3 is 0 Å². The van der Waals surface area contributed by atoms with Crippen molar-refractivity contribution in [3.63, 3.8) is 0 Å². The molecule has 0 unspecified atom stereocenters. The number of nitrogens with zero attached hydrogens (tertiary/aromatic N) is 2. The number of nitrogens with one attached hydrogen (secondary N) is 1. The summed E-state index contributed by atoms with van der Waals surface area (Å²) in [5.74, 6) is 1.02. The molecule has 5 heteroatoms. The van der Waals surface area contributed by atoms with Crippen molar-refractivity contribution in [1.82, 2.24) is 14.8 Å². The highest BCUT2D eigenvalue weighted by atomic mass is 16.5. The lowest BCUT2D eigenvalue weighted by molar-refractivity contribution is 0.0787. The maximum absolute atomic E-state index is 12.6.